The number of anilines is 2. The lowest BCUT2D eigenvalue weighted by Crippen LogP contribution is -2.12. The van der Waals surface area contributed by atoms with Gasteiger partial charge in [-0.15, -0.1) is 5.10 Å². The van der Waals surface area contributed by atoms with Crippen molar-refractivity contribution in [3.63, 3.8) is 0 Å². The first kappa shape index (κ1) is 17.6. The molecule has 0 saturated heterocycles. The Morgan fingerprint density at radius 2 is 2.04 bits per heavy atom. The molecule has 134 valence electrons. The van der Waals surface area contributed by atoms with E-state index in [1.807, 2.05) is 0 Å². The number of hydrogen-bond donors (Lipinski definition) is 2. The molecule has 0 atom stereocenters. The number of hydrogen-bond acceptors (Lipinski definition) is 7. The minimum absolute atomic E-state index is 0.263. The Morgan fingerprint density at radius 3 is 2.77 bits per heavy atom. The molecule has 3 aromatic rings. The highest BCUT2D eigenvalue weighted by Gasteiger charge is 2.13. The molecule has 2 heterocycles. The van der Waals surface area contributed by atoms with Crippen molar-refractivity contribution in [1.82, 2.24) is 19.6 Å². The first-order chi connectivity index (χ1) is 12.7. The largest absolute Gasteiger partial charge is 0.383 e. The Bertz CT molecular complexity index is 917. The third kappa shape index (κ3) is 4.04. The highest BCUT2D eigenvalue weighted by Crippen LogP contribution is 2.16. The standard InChI is InChI=1S/C17H18FN7O/c1-26-9-8-21-16-23-17-22-11-13(10-19)15(25(17)24-16)20-7-6-12-2-4-14(18)5-3-12/h2-5,11,20H,6-9H2,1H3,(H,21,24). The van der Waals surface area contributed by atoms with Gasteiger partial charge in [0.05, 0.1) is 12.8 Å². The van der Waals surface area contributed by atoms with E-state index in [1.165, 1.54) is 22.8 Å². The molecular weight excluding hydrogens is 337 g/mol. The van der Waals surface area contributed by atoms with Crippen molar-refractivity contribution in [2.24, 2.45) is 0 Å². The van der Waals surface area contributed by atoms with E-state index < -0.39 is 0 Å². The van der Waals surface area contributed by atoms with Crippen molar-refractivity contribution in [1.29, 1.82) is 5.26 Å². The van der Waals surface area contributed by atoms with Crippen LogP contribution in [-0.2, 0) is 11.2 Å². The number of halogens is 1. The Morgan fingerprint density at radius 1 is 1.23 bits per heavy atom. The highest BCUT2D eigenvalue weighted by atomic mass is 19.1. The predicted molar refractivity (Wildman–Crippen MR) is 94.5 cm³/mol. The van der Waals surface area contributed by atoms with Gasteiger partial charge < -0.3 is 15.4 Å². The maximum atomic E-state index is 13.0. The zero-order chi connectivity index (χ0) is 18.4. The summed E-state index contributed by atoms with van der Waals surface area (Å²) in [6.45, 7) is 1.63. The molecule has 2 aromatic heterocycles. The SMILES string of the molecule is COCCNc1nc2ncc(C#N)c(NCCc3ccc(F)cc3)n2n1. The smallest absolute Gasteiger partial charge is 0.255 e. The summed E-state index contributed by atoms with van der Waals surface area (Å²) in [5.41, 5.74) is 1.35. The van der Waals surface area contributed by atoms with Gasteiger partial charge in [0.25, 0.3) is 5.78 Å². The number of nitrogens with zero attached hydrogens (tertiary/aromatic N) is 5. The summed E-state index contributed by atoms with van der Waals surface area (Å²) in [7, 11) is 1.61. The number of fused-ring (bicyclic) bond motifs is 1. The van der Waals surface area contributed by atoms with Crippen LogP contribution >= 0.6 is 0 Å². The van der Waals surface area contributed by atoms with E-state index in [9.17, 15) is 9.65 Å². The molecule has 9 heteroatoms. The summed E-state index contributed by atoms with van der Waals surface area (Å²) in [5, 5.41) is 19.9. The van der Waals surface area contributed by atoms with Crippen molar-refractivity contribution < 1.29 is 9.13 Å². The molecule has 3 rings (SSSR count). The van der Waals surface area contributed by atoms with Gasteiger partial charge in [-0.2, -0.15) is 14.8 Å². The quantitative estimate of drug-likeness (QED) is 0.595. The average Bonchev–Trinajstić information content (AvgIpc) is 3.07. The fourth-order valence-corrected chi connectivity index (χ4v) is 2.40. The fourth-order valence-electron chi connectivity index (χ4n) is 2.40. The highest BCUT2D eigenvalue weighted by molar-refractivity contribution is 5.56. The third-order valence-corrected chi connectivity index (χ3v) is 3.70. The molecule has 0 fully saturated rings. The van der Waals surface area contributed by atoms with Crippen LogP contribution < -0.4 is 10.6 Å². The Kier molecular flexibility index (Phi) is 5.56. The number of rotatable bonds is 8. The molecule has 0 spiro atoms. The molecule has 0 amide bonds. The molecule has 0 aliphatic rings. The molecule has 0 saturated carbocycles. The summed E-state index contributed by atoms with van der Waals surface area (Å²) < 4.78 is 19.4. The van der Waals surface area contributed by atoms with Crippen molar-refractivity contribution in [3.8, 4) is 6.07 Å². The second-order valence-corrected chi connectivity index (χ2v) is 5.50. The van der Waals surface area contributed by atoms with Crippen LogP contribution in [0.3, 0.4) is 0 Å². The van der Waals surface area contributed by atoms with E-state index >= 15 is 0 Å². The fraction of sp³-hybridized carbons (Fsp3) is 0.294. The lowest BCUT2D eigenvalue weighted by Gasteiger charge is -2.09. The van der Waals surface area contributed by atoms with Gasteiger partial charge in [0.15, 0.2) is 5.82 Å². The first-order valence-electron chi connectivity index (χ1n) is 8.08. The molecule has 0 bridgehead atoms. The molecule has 8 nitrogen and oxygen atoms in total. The van der Waals surface area contributed by atoms with Gasteiger partial charge in [-0.3, -0.25) is 0 Å². The molecule has 0 aliphatic heterocycles. The first-order valence-corrected chi connectivity index (χ1v) is 8.08. The van der Waals surface area contributed by atoms with Crippen LogP contribution in [0.2, 0.25) is 0 Å². The predicted octanol–water partition coefficient (Wildman–Crippen LogP) is 1.85. The van der Waals surface area contributed by atoms with Crippen molar-refractivity contribution >= 4 is 17.5 Å². The lowest BCUT2D eigenvalue weighted by atomic mass is 10.1. The van der Waals surface area contributed by atoms with Gasteiger partial charge in [0, 0.05) is 20.2 Å². The van der Waals surface area contributed by atoms with Crippen LogP contribution in [0.5, 0.6) is 0 Å². The van der Waals surface area contributed by atoms with Gasteiger partial charge in [0.2, 0.25) is 5.95 Å². The Balaban J connectivity index is 1.76. The number of aromatic nitrogens is 4. The second-order valence-electron chi connectivity index (χ2n) is 5.50. The lowest BCUT2D eigenvalue weighted by molar-refractivity contribution is 0.210. The van der Waals surface area contributed by atoms with Gasteiger partial charge in [-0.25, -0.2) is 9.37 Å². The molecule has 0 aliphatic carbocycles. The number of nitriles is 1. The van der Waals surface area contributed by atoms with E-state index in [1.54, 1.807) is 19.2 Å². The third-order valence-electron chi connectivity index (χ3n) is 3.70. The number of benzene rings is 1. The van der Waals surface area contributed by atoms with E-state index in [2.05, 4.69) is 31.8 Å². The molecule has 0 radical (unpaired) electrons. The van der Waals surface area contributed by atoms with E-state index in [4.69, 9.17) is 4.74 Å². The minimum atomic E-state index is -0.263. The minimum Gasteiger partial charge on any atom is -0.383 e. The van der Waals surface area contributed by atoms with Crippen molar-refractivity contribution in [2.45, 2.75) is 6.42 Å². The maximum Gasteiger partial charge on any atom is 0.255 e. The van der Waals surface area contributed by atoms with Gasteiger partial charge in [-0.1, -0.05) is 12.1 Å². The van der Waals surface area contributed by atoms with Gasteiger partial charge >= 0.3 is 0 Å². The summed E-state index contributed by atoms with van der Waals surface area (Å²) in [4.78, 5) is 8.43. The number of nitrogens with one attached hydrogen (secondary N) is 2. The normalized spacial score (nSPS) is 10.7. The van der Waals surface area contributed by atoms with Gasteiger partial charge in [-0.05, 0) is 24.1 Å². The van der Waals surface area contributed by atoms with Gasteiger partial charge in [0.1, 0.15) is 17.4 Å². The molecule has 0 unspecified atom stereocenters. The van der Waals surface area contributed by atoms with Crippen LogP contribution in [0.15, 0.2) is 30.5 Å². The van der Waals surface area contributed by atoms with Crippen LogP contribution in [-0.4, -0.2) is 46.4 Å². The zero-order valence-corrected chi connectivity index (χ0v) is 14.2. The summed E-state index contributed by atoms with van der Waals surface area (Å²) in [6.07, 6.45) is 2.13. The van der Waals surface area contributed by atoms with E-state index in [0.29, 0.717) is 49.2 Å². The number of ether oxygens (including phenoxy) is 1. The maximum absolute atomic E-state index is 13.0. The summed E-state index contributed by atoms with van der Waals surface area (Å²) >= 11 is 0. The topological polar surface area (TPSA) is 100 Å². The summed E-state index contributed by atoms with van der Waals surface area (Å²) in [5.74, 6) is 1.05. The van der Waals surface area contributed by atoms with Crippen molar-refractivity contribution in [3.05, 3.63) is 47.4 Å². The van der Waals surface area contributed by atoms with Crippen molar-refractivity contribution in [2.75, 3.05) is 37.4 Å². The van der Waals surface area contributed by atoms with E-state index in [-0.39, 0.29) is 5.82 Å². The molecule has 26 heavy (non-hydrogen) atoms. The average molecular weight is 355 g/mol. The Labute approximate surface area is 149 Å². The second kappa shape index (κ2) is 8.22. The molecule has 2 N–H and O–H groups in total. The van der Waals surface area contributed by atoms with Crippen LogP contribution in [0.1, 0.15) is 11.1 Å². The van der Waals surface area contributed by atoms with E-state index in [0.717, 1.165) is 5.56 Å². The molecule has 1 aromatic carbocycles. The van der Waals surface area contributed by atoms with Crippen LogP contribution in [0.25, 0.3) is 5.78 Å². The summed E-state index contributed by atoms with van der Waals surface area (Å²) in [6, 6.07) is 8.42. The Hall–Kier alpha value is -3.25. The number of methoxy groups -OCH3 is 1. The molecular formula is C17H18FN7O. The van der Waals surface area contributed by atoms with Crippen LogP contribution in [0, 0.1) is 17.1 Å². The zero-order valence-electron chi connectivity index (χ0n) is 14.2. The monoisotopic (exact) mass is 355 g/mol. The van der Waals surface area contributed by atoms with Crippen LogP contribution in [0.4, 0.5) is 16.2 Å².